The molecular weight excluding hydrogens is 517 g/mol. The zero-order valence-corrected chi connectivity index (χ0v) is 22.5. The summed E-state index contributed by atoms with van der Waals surface area (Å²) < 4.78 is 27.2. The average molecular weight is 552 g/mol. The van der Waals surface area contributed by atoms with Crippen molar-refractivity contribution in [2.24, 2.45) is 0 Å². The second-order valence-corrected chi connectivity index (χ2v) is 9.88. The third kappa shape index (κ3) is 6.81. The number of aliphatic hydroxyl groups excluding tert-OH is 1. The van der Waals surface area contributed by atoms with Gasteiger partial charge in [0, 0.05) is 12.8 Å². The minimum absolute atomic E-state index is 0.00409. The van der Waals surface area contributed by atoms with Crippen molar-refractivity contribution in [1.29, 1.82) is 0 Å². The molecule has 2 aromatic heterocycles. The molecule has 1 saturated heterocycles. The number of nitrogens with one attached hydrogen (secondary N) is 1. The van der Waals surface area contributed by atoms with Gasteiger partial charge in [0.05, 0.1) is 11.9 Å². The predicted molar refractivity (Wildman–Crippen MR) is 146 cm³/mol. The maximum absolute atomic E-state index is 14.4. The molecule has 3 atom stereocenters. The van der Waals surface area contributed by atoms with Crippen LogP contribution < -0.4 is 5.32 Å². The number of aromatic nitrogens is 4. The quantitative estimate of drug-likeness (QED) is 0.137. The summed E-state index contributed by atoms with van der Waals surface area (Å²) in [5.74, 6) is 1.46. The highest BCUT2D eigenvalue weighted by Gasteiger charge is 2.49. The number of anilines is 1. The van der Waals surface area contributed by atoms with Gasteiger partial charge in [0.1, 0.15) is 18.9 Å². The molecule has 212 valence electrons. The van der Waals surface area contributed by atoms with Crippen LogP contribution in [-0.4, -0.2) is 54.8 Å². The number of amides is 1. The van der Waals surface area contributed by atoms with Crippen LogP contribution in [0.15, 0.2) is 36.7 Å². The number of halogens is 1. The molecule has 1 fully saturated rings. The molecule has 3 heterocycles. The van der Waals surface area contributed by atoms with E-state index in [1.807, 2.05) is 0 Å². The van der Waals surface area contributed by atoms with E-state index in [4.69, 9.17) is 15.9 Å². The Morgan fingerprint density at radius 3 is 2.65 bits per heavy atom. The number of rotatable bonds is 13. The number of hydrogen-bond donors (Lipinski definition) is 2. The summed E-state index contributed by atoms with van der Waals surface area (Å²) in [5.41, 5.74) is -1.08. The largest absolute Gasteiger partial charge is 0.458 e. The Morgan fingerprint density at radius 2 is 1.93 bits per heavy atom. The van der Waals surface area contributed by atoms with Gasteiger partial charge < -0.3 is 19.9 Å². The fourth-order valence-electron chi connectivity index (χ4n) is 4.68. The van der Waals surface area contributed by atoms with E-state index in [2.05, 4.69) is 33.1 Å². The van der Waals surface area contributed by atoms with Crippen molar-refractivity contribution < 1.29 is 28.6 Å². The van der Waals surface area contributed by atoms with E-state index in [1.54, 1.807) is 30.3 Å². The molecule has 11 heteroatoms. The highest BCUT2D eigenvalue weighted by atomic mass is 19.1. The highest BCUT2D eigenvalue weighted by Crippen LogP contribution is 2.38. The van der Waals surface area contributed by atoms with Crippen molar-refractivity contribution in [3.63, 3.8) is 0 Å². The lowest BCUT2D eigenvalue weighted by molar-refractivity contribution is -0.116. The topological polar surface area (TPSA) is 128 Å². The highest BCUT2D eigenvalue weighted by molar-refractivity contribution is 5.96. The zero-order valence-electron chi connectivity index (χ0n) is 22.5. The van der Waals surface area contributed by atoms with Crippen molar-refractivity contribution in [2.75, 3.05) is 11.9 Å². The molecular formula is C29H34FN5O5. The maximum atomic E-state index is 14.4. The van der Waals surface area contributed by atoms with Gasteiger partial charge in [0.25, 0.3) is 0 Å². The Balaban J connectivity index is 1.42. The fourth-order valence-corrected chi connectivity index (χ4v) is 4.68. The minimum atomic E-state index is -1.63. The van der Waals surface area contributed by atoms with E-state index in [0.717, 1.165) is 25.7 Å². The van der Waals surface area contributed by atoms with Crippen molar-refractivity contribution in [2.45, 2.75) is 82.6 Å². The molecule has 0 saturated carbocycles. The summed E-state index contributed by atoms with van der Waals surface area (Å²) in [6.07, 6.45) is 11.7. The predicted octanol–water partition coefficient (Wildman–Crippen LogP) is 4.55. The van der Waals surface area contributed by atoms with E-state index in [0.29, 0.717) is 5.56 Å². The molecule has 2 N–H and O–H groups in total. The zero-order chi connectivity index (χ0) is 28.5. The molecule has 1 amide bonds. The van der Waals surface area contributed by atoms with Crippen molar-refractivity contribution in [3.8, 4) is 12.3 Å². The lowest BCUT2D eigenvalue weighted by Crippen LogP contribution is -2.43. The Bertz CT molecular complexity index is 1360. The number of nitrogens with zero attached hydrogens (tertiary/aromatic N) is 4. The molecule has 0 aliphatic carbocycles. The van der Waals surface area contributed by atoms with Crippen molar-refractivity contribution in [3.05, 3.63) is 48.3 Å². The minimum Gasteiger partial charge on any atom is -0.458 e. The normalized spacial score (nSPS) is 20.4. The Labute approximate surface area is 232 Å². The summed E-state index contributed by atoms with van der Waals surface area (Å²) in [4.78, 5) is 36.8. The van der Waals surface area contributed by atoms with Gasteiger partial charge in [-0.05, 0) is 18.6 Å². The number of terminal acetylenes is 1. The molecule has 0 spiro atoms. The number of benzene rings is 1. The lowest BCUT2D eigenvalue weighted by atomic mass is 9.99. The first kappa shape index (κ1) is 29.1. The fraction of sp³-hybridized carbons (Fsp3) is 0.483. The summed E-state index contributed by atoms with van der Waals surface area (Å²) >= 11 is 0. The first-order valence-corrected chi connectivity index (χ1v) is 13.6. The van der Waals surface area contributed by atoms with Gasteiger partial charge >= 0.3 is 12.0 Å². The number of carbonyl (C=O) groups excluding carboxylic acids is 2. The van der Waals surface area contributed by atoms with Gasteiger partial charge in [-0.3, -0.25) is 9.36 Å². The first-order valence-electron chi connectivity index (χ1n) is 13.6. The SMILES string of the molecule is C#C[C@]1(COC(=O)c2ccccc2)O[C@@H](n2cnc3c(NC(=O)CCCCCCCCC)nc(F)nc32)C[C@@H]1O. The molecule has 0 bridgehead atoms. The number of esters is 1. The monoisotopic (exact) mass is 551 g/mol. The molecule has 4 rings (SSSR count). The average Bonchev–Trinajstić information content (AvgIpc) is 3.52. The van der Waals surface area contributed by atoms with Crippen LogP contribution in [0.25, 0.3) is 11.2 Å². The molecule has 40 heavy (non-hydrogen) atoms. The van der Waals surface area contributed by atoms with Gasteiger partial charge in [0.2, 0.25) is 5.91 Å². The van der Waals surface area contributed by atoms with Crippen LogP contribution in [0.5, 0.6) is 0 Å². The first-order chi connectivity index (χ1) is 19.4. The third-order valence-electron chi connectivity index (χ3n) is 6.95. The Hall–Kier alpha value is -3.88. The van der Waals surface area contributed by atoms with Gasteiger partial charge in [-0.1, -0.05) is 69.6 Å². The summed E-state index contributed by atoms with van der Waals surface area (Å²) in [6, 6.07) is 8.35. The van der Waals surface area contributed by atoms with Crippen molar-refractivity contribution >= 4 is 28.9 Å². The molecule has 1 aliphatic rings. The van der Waals surface area contributed by atoms with E-state index in [9.17, 15) is 19.1 Å². The number of carbonyl (C=O) groups is 2. The van der Waals surface area contributed by atoms with Crippen LogP contribution in [0, 0.1) is 18.4 Å². The number of ether oxygens (including phenoxy) is 2. The number of hydrogen-bond acceptors (Lipinski definition) is 8. The van der Waals surface area contributed by atoms with Crippen LogP contribution in [0.3, 0.4) is 0 Å². The van der Waals surface area contributed by atoms with E-state index < -0.39 is 36.6 Å². The molecule has 3 aromatic rings. The van der Waals surface area contributed by atoms with Gasteiger partial charge in [-0.2, -0.15) is 14.4 Å². The second-order valence-electron chi connectivity index (χ2n) is 9.88. The van der Waals surface area contributed by atoms with Crippen molar-refractivity contribution in [1.82, 2.24) is 19.5 Å². The molecule has 0 unspecified atom stereocenters. The molecule has 0 radical (unpaired) electrons. The summed E-state index contributed by atoms with van der Waals surface area (Å²) in [6.45, 7) is 1.77. The number of imidazole rings is 1. The van der Waals surface area contributed by atoms with E-state index >= 15 is 0 Å². The van der Waals surface area contributed by atoms with Crippen LogP contribution >= 0.6 is 0 Å². The van der Waals surface area contributed by atoms with Gasteiger partial charge in [0.15, 0.2) is 22.6 Å². The van der Waals surface area contributed by atoms with Crippen LogP contribution in [0.4, 0.5) is 10.2 Å². The number of unbranched alkanes of at least 4 members (excludes halogenated alkanes) is 6. The number of fused-ring (bicyclic) bond motifs is 1. The van der Waals surface area contributed by atoms with E-state index in [-0.39, 0.29) is 35.7 Å². The Kier molecular flexibility index (Phi) is 9.79. The summed E-state index contributed by atoms with van der Waals surface area (Å²) in [7, 11) is 0. The van der Waals surface area contributed by atoms with E-state index in [1.165, 1.54) is 30.2 Å². The third-order valence-corrected chi connectivity index (χ3v) is 6.95. The van der Waals surface area contributed by atoms with Crippen LogP contribution in [0.2, 0.25) is 0 Å². The molecule has 10 nitrogen and oxygen atoms in total. The van der Waals surface area contributed by atoms with Crippen LogP contribution in [-0.2, 0) is 14.3 Å². The Morgan fingerprint density at radius 1 is 1.20 bits per heavy atom. The molecule has 1 aromatic carbocycles. The lowest BCUT2D eigenvalue weighted by Gasteiger charge is -2.26. The molecule has 1 aliphatic heterocycles. The number of aliphatic hydroxyl groups is 1. The van der Waals surface area contributed by atoms with Gasteiger partial charge in [-0.15, -0.1) is 6.42 Å². The van der Waals surface area contributed by atoms with Gasteiger partial charge in [-0.25, -0.2) is 9.78 Å². The summed E-state index contributed by atoms with van der Waals surface area (Å²) in [5, 5.41) is 13.4. The van der Waals surface area contributed by atoms with Crippen LogP contribution in [0.1, 0.15) is 81.3 Å². The second kappa shape index (κ2) is 13.5. The smallest absolute Gasteiger partial charge is 0.338 e. The maximum Gasteiger partial charge on any atom is 0.338 e. The standard InChI is InChI=1S/C29H34FN5O5/c1-3-5-6-7-8-9-13-16-22(37)32-25-24-26(34-28(30)33-25)35(19-31-24)23-17-21(36)29(4-2,40-23)18-39-27(38)20-14-11-10-12-15-20/h2,10-12,14-15,19,21,23,36H,3,5-9,13,16-18H2,1H3,(H,32,33,34,37)/t21-,23+,29+/m0/s1.